The number of aromatic nitrogens is 1. The van der Waals surface area contributed by atoms with Gasteiger partial charge in [0.2, 0.25) is 0 Å². The molecule has 1 aromatic heterocycles. The van der Waals surface area contributed by atoms with Crippen LogP contribution in [0.15, 0.2) is 64.0 Å². The van der Waals surface area contributed by atoms with Gasteiger partial charge in [-0.25, -0.2) is 4.79 Å². The molecule has 2 aromatic carbocycles. The lowest BCUT2D eigenvalue weighted by molar-refractivity contribution is 0.0446. The van der Waals surface area contributed by atoms with Gasteiger partial charge in [-0.3, -0.25) is 0 Å². The van der Waals surface area contributed by atoms with Crippen LogP contribution in [0, 0.1) is 13.8 Å². The van der Waals surface area contributed by atoms with Crippen LogP contribution in [0.5, 0.6) is 5.75 Å². The maximum Gasteiger partial charge on any atom is 0.339 e. The average Bonchev–Trinajstić information content (AvgIpc) is 3.10. The second-order valence-corrected chi connectivity index (χ2v) is 6.99. The smallest absolute Gasteiger partial charge is 0.339 e. The van der Waals surface area contributed by atoms with Crippen molar-refractivity contribution in [1.29, 1.82) is 0 Å². The summed E-state index contributed by atoms with van der Waals surface area (Å²) in [6.07, 6.45) is 0. The van der Waals surface area contributed by atoms with Crippen LogP contribution in [0.4, 0.5) is 0 Å². The molecule has 0 fully saturated rings. The minimum atomic E-state index is -0.361. The van der Waals surface area contributed by atoms with Crippen LogP contribution in [-0.2, 0) is 10.5 Å². The first-order valence-electron chi connectivity index (χ1n) is 8.63. The van der Waals surface area contributed by atoms with Crippen LogP contribution < -0.4 is 4.74 Å². The average molecular weight is 383 g/mol. The topological polar surface area (TPSA) is 61.6 Å². The maximum atomic E-state index is 12.4. The number of rotatable bonds is 8. The Kier molecular flexibility index (Phi) is 6.54. The fraction of sp³-hybridized carbons (Fsp3) is 0.238. The molecule has 6 heteroatoms. The molecule has 0 unspecified atom stereocenters. The van der Waals surface area contributed by atoms with Crippen molar-refractivity contribution in [1.82, 2.24) is 5.16 Å². The predicted molar refractivity (Wildman–Crippen MR) is 104 cm³/mol. The molecule has 0 saturated carbocycles. The van der Waals surface area contributed by atoms with E-state index in [9.17, 15) is 4.79 Å². The van der Waals surface area contributed by atoms with Gasteiger partial charge in [0.1, 0.15) is 24.7 Å². The van der Waals surface area contributed by atoms with E-state index in [1.54, 1.807) is 6.07 Å². The summed E-state index contributed by atoms with van der Waals surface area (Å²) in [6.45, 7) is 4.35. The Morgan fingerprint density at radius 3 is 2.63 bits per heavy atom. The van der Waals surface area contributed by atoms with Gasteiger partial charge in [-0.05, 0) is 37.6 Å². The number of aryl methyl sites for hydroxylation is 2. The van der Waals surface area contributed by atoms with Gasteiger partial charge in [0.15, 0.2) is 0 Å². The van der Waals surface area contributed by atoms with Crippen molar-refractivity contribution in [2.24, 2.45) is 0 Å². The van der Waals surface area contributed by atoms with E-state index >= 15 is 0 Å². The van der Waals surface area contributed by atoms with Crippen molar-refractivity contribution in [3.05, 3.63) is 77.2 Å². The highest BCUT2D eigenvalue weighted by Crippen LogP contribution is 2.27. The summed E-state index contributed by atoms with van der Waals surface area (Å²) in [4.78, 5) is 13.3. The molecule has 0 spiro atoms. The number of nitrogens with zero attached hydrogens (tertiary/aromatic N) is 1. The number of carbonyl (C=O) groups is 1. The third-order valence-corrected chi connectivity index (χ3v) is 4.92. The minimum Gasteiger partial charge on any atom is -0.490 e. The van der Waals surface area contributed by atoms with Crippen LogP contribution >= 0.6 is 11.8 Å². The largest absolute Gasteiger partial charge is 0.490 e. The van der Waals surface area contributed by atoms with Gasteiger partial charge in [0.05, 0.1) is 17.0 Å². The Hall–Kier alpha value is -2.73. The Labute approximate surface area is 162 Å². The third-order valence-electron chi connectivity index (χ3n) is 3.82. The first-order valence-corrected chi connectivity index (χ1v) is 9.61. The molecule has 140 valence electrons. The standard InChI is InChI=1S/C21H21NO4S/c1-15-7-3-5-9-19(15)24-11-12-25-21(23)18-8-4-6-10-20(18)27-14-17-13-16(2)22-26-17/h3-10,13H,11-12,14H2,1-2H3. The summed E-state index contributed by atoms with van der Waals surface area (Å²) in [5.74, 6) is 1.81. The highest BCUT2D eigenvalue weighted by molar-refractivity contribution is 7.98. The second-order valence-electron chi connectivity index (χ2n) is 5.97. The van der Waals surface area contributed by atoms with E-state index in [1.807, 2.05) is 62.4 Å². The van der Waals surface area contributed by atoms with E-state index in [0.717, 1.165) is 27.7 Å². The van der Waals surface area contributed by atoms with Crippen molar-refractivity contribution in [2.75, 3.05) is 13.2 Å². The number of esters is 1. The zero-order chi connectivity index (χ0) is 19.1. The van der Waals surface area contributed by atoms with Gasteiger partial charge >= 0.3 is 5.97 Å². The van der Waals surface area contributed by atoms with Crippen LogP contribution in [0.1, 0.15) is 27.4 Å². The second kappa shape index (κ2) is 9.28. The van der Waals surface area contributed by atoms with Gasteiger partial charge in [0.25, 0.3) is 0 Å². The molecule has 0 aliphatic heterocycles. The molecule has 0 amide bonds. The molecular weight excluding hydrogens is 362 g/mol. The monoisotopic (exact) mass is 383 g/mol. The molecule has 3 rings (SSSR count). The van der Waals surface area contributed by atoms with Gasteiger partial charge in [0, 0.05) is 11.0 Å². The zero-order valence-corrected chi connectivity index (χ0v) is 16.1. The fourth-order valence-electron chi connectivity index (χ4n) is 2.48. The molecule has 5 nitrogen and oxygen atoms in total. The number of carbonyl (C=O) groups excluding carboxylic acids is 1. The SMILES string of the molecule is Cc1cc(CSc2ccccc2C(=O)OCCOc2ccccc2C)on1. The van der Waals surface area contributed by atoms with E-state index in [1.165, 1.54) is 11.8 Å². The molecule has 0 aliphatic rings. The van der Waals surface area contributed by atoms with Gasteiger partial charge in [-0.2, -0.15) is 0 Å². The van der Waals surface area contributed by atoms with Crippen molar-refractivity contribution >= 4 is 17.7 Å². The van der Waals surface area contributed by atoms with E-state index in [0.29, 0.717) is 17.9 Å². The number of benzene rings is 2. The lowest BCUT2D eigenvalue weighted by atomic mass is 10.2. The van der Waals surface area contributed by atoms with Crippen LogP contribution in [0.2, 0.25) is 0 Å². The maximum absolute atomic E-state index is 12.4. The summed E-state index contributed by atoms with van der Waals surface area (Å²) in [6, 6.07) is 17.0. The van der Waals surface area contributed by atoms with Gasteiger partial charge < -0.3 is 14.0 Å². The van der Waals surface area contributed by atoms with E-state index < -0.39 is 0 Å². The van der Waals surface area contributed by atoms with Crippen molar-refractivity contribution in [3.63, 3.8) is 0 Å². The van der Waals surface area contributed by atoms with Crippen molar-refractivity contribution < 1.29 is 18.8 Å². The summed E-state index contributed by atoms with van der Waals surface area (Å²) < 4.78 is 16.2. The summed E-state index contributed by atoms with van der Waals surface area (Å²) >= 11 is 1.51. The van der Waals surface area contributed by atoms with Gasteiger partial charge in [-0.15, -0.1) is 11.8 Å². The number of hydrogen-bond acceptors (Lipinski definition) is 6. The van der Waals surface area contributed by atoms with Crippen LogP contribution in [-0.4, -0.2) is 24.3 Å². The van der Waals surface area contributed by atoms with E-state index in [2.05, 4.69) is 5.16 Å². The fourth-order valence-corrected chi connectivity index (χ4v) is 3.39. The molecule has 0 bridgehead atoms. The Morgan fingerprint density at radius 2 is 1.85 bits per heavy atom. The molecule has 27 heavy (non-hydrogen) atoms. The van der Waals surface area contributed by atoms with Crippen LogP contribution in [0.3, 0.4) is 0 Å². The number of para-hydroxylation sites is 1. The van der Waals surface area contributed by atoms with Gasteiger partial charge in [-0.1, -0.05) is 35.5 Å². The molecule has 3 aromatic rings. The van der Waals surface area contributed by atoms with E-state index in [4.69, 9.17) is 14.0 Å². The number of hydrogen-bond donors (Lipinski definition) is 0. The zero-order valence-electron chi connectivity index (χ0n) is 15.3. The summed E-state index contributed by atoms with van der Waals surface area (Å²) in [5.41, 5.74) is 2.43. The minimum absolute atomic E-state index is 0.188. The van der Waals surface area contributed by atoms with Crippen molar-refractivity contribution in [2.45, 2.75) is 24.5 Å². The Bertz CT molecular complexity index is 906. The predicted octanol–water partition coefficient (Wildman–Crippen LogP) is 4.82. The molecular formula is C21H21NO4S. The normalized spacial score (nSPS) is 10.6. The first-order chi connectivity index (χ1) is 13.1. The highest BCUT2D eigenvalue weighted by Gasteiger charge is 2.14. The Morgan fingerprint density at radius 1 is 1.07 bits per heavy atom. The number of ether oxygens (including phenoxy) is 2. The quantitative estimate of drug-likeness (QED) is 0.316. The van der Waals surface area contributed by atoms with E-state index in [-0.39, 0.29) is 12.6 Å². The third kappa shape index (κ3) is 5.37. The van der Waals surface area contributed by atoms with Crippen molar-refractivity contribution in [3.8, 4) is 5.75 Å². The lowest BCUT2D eigenvalue weighted by Gasteiger charge is -2.11. The molecule has 0 radical (unpaired) electrons. The Balaban J connectivity index is 1.52. The summed E-state index contributed by atoms with van der Waals surface area (Å²) in [7, 11) is 0. The lowest BCUT2D eigenvalue weighted by Crippen LogP contribution is -2.13. The molecule has 0 N–H and O–H groups in total. The van der Waals surface area contributed by atoms with Crippen LogP contribution in [0.25, 0.3) is 0 Å². The molecule has 0 saturated heterocycles. The summed E-state index contributed by atoms with van der Waals surface area (Å²) in [5, 5.41) is 3.87. The number of thioether (sulfide) groups is 1. The highest BCUT2D eigenvalue weighted by atomic mass is 32.2. The molecule has 1 heterocycles. The first kappa shape index (κ1) is 19.0. The molecule has 0 aliphatic carbocycles. The molecule has 0 atom stereocenters.